The first-order valence-electron chi connectivity index (χ1n) is 12.1. The Labute approximate surface area is 211 Å². The van der Waals surface area contributed by atoms with Crippen LogP contribution in [0.25, 0.3) is 11.3 Å². The summed E-state index contributed by atoms with van der Waals surface area (Å²) in [6.07, 6.45) is 1.62. The lowest BCUT2D eigenvalue weighted by atomic mass is 10.1. The number of rotatable bonds is 10. The Balaban J connectivity index is 1.30. The van der Waals surface area contributed by atoms with Gasteiger partial charge < -0.3 is 9.64 Å². The lowest BCUT2D eigenvalue weighted by Gasteiger charge is -2.20. The molecule has 0 bridgehead atoms. The van der Waals surface area contributed by atoms with Crippen molar-refractivity contribution in [3.05, 3.63) is 101 Å². The van der Waals surface area contributed by atoms with E-state index < -0.39 is 0 Å². The molecule has 0 spiro atoms. The Morgan fingerprint density at radius 3 is 2.36 bits per heavy atom. The highest BCUT2D eigenvalue weighted by atomic mass is 16.5. The van der Waals surface area contributed by atoms with Crippen LogP contribution in [0, 0.1) is 6.92 Å². The van der Waals surface area contributed by atoms with Crippen molar-refractivity contribution in [3.8, 4) is 17.0 Å². The number of H-pyrrole nitrogens is 1. The summed E-state index contributed by atoms with van der Waals surface area (Å²) in [5.41, 5.74) is 8.84. The third-order valence-corrected chi connectivity index (χ3v) is 5.90. The molecule has 7 nitrogen and oxygen atoms in total. The van der Waals surface area contributed by atoms with Gasteiger partial charge in [-0.25, -0.2) is 5.43 Å². The molecular formula is C29H31N5O2. The molecule has 0 atom stereocenters. The summed E-state index contributed by atoms with van der Waals surface area (Å²) in [5.74, 6) is 0.412. The number of anilines is 1. The second-order valence-electron chi connectivity index (χ2n) is 8.43. The van der Waals surface area contributed by atoms with Crippen LogP contribution >= 0.6 is 0 Å². The quantitative estimate of drug-likeness (QED) is 0.229. The lowest BCUT2D eigenvalue weighted by molar-refractivity contribution is 0.0950. The van der Waals surface area contributed by atoms with Crippen LogP contribution in [-0.4, -0.2) is 35.4 Å². The van der Waals surface area contributed by atoms with Crippen LogP contribution in [0.3, 0.4) is 0 Å². The Morgan fingerprint density at radius 1 is 1.00 bits per heavy atom. The number of hydrogen-bond donors (Lipinski definition) is 2. The summed E-state index contributed by atoms with van der Waals surface area (Å²) in [4.78, 5) is 14.7. The van der Waals surface area contributed by atoms with E-state index in [0.717, 1.165) is 41.2 Å². The molecule has 0 aliphatic heterocycles. The number of aryl methyl sites for hydroxylation is 1. The van der Waals surface area contributed by atoms with Crippen LogP contribution in [0.4, 0.5) is 5.69 Å². The van der Waals surface area contributed by atoms with E-state index in [4.69, 9.17) is 4.74 Å². The third-order valence-electron chi connectivity index (χ3n) is 5.90. The average Bonchev–Trinajstić information content (AvgIpc) is 3.41. The van der Waals surface area contributed by atoms with E-state index >= 15 is 0 Å². The van der Waals surface area contributed by atoms with Gasteiger partial charge in [-0.15, -0.1) is 0 Å². The Hall–Kier alpha value is -4.39. The zero-order valence-corrected chi connectivity index (χ0v) is 20.9. The summed E-state index contributed by atoms with van der Waals surface area (Å²) in [7, 11) is 0. The molecule has 4 rings (SSSR count). The van der Waals surface area contributed by atoms with Crippen molar-refractivity contribution < 1.29 is 9.53 Å². The van der Waals surface area contributed by atoms with Gasteiger partial charge in [0.1, 0.15) is 18.1 Å². The van der Waals surface area contributed by atoms with E-state index in [9.17, 15) is 4.79 Å². The minimum Gasteiger partial charge on any atom is -0.489 e. The minimum absolute atomic E-state index is 0.332. The number of benzene rings is 3. The number of aromatic nitrogens is 2. The number of carbonyl (C=O) groups excluding carboxylic acids is 1. The van der Waals surface area contributed by atoms with Crippen LogP contribution in [0.2, 0.25) is 0 Å². The number of amides is 1. The molecule has 0 aliphatic rings. The molecule has 4 aromatic rings. The number of nitrogens with one attached hydrogen (secondary N) is 2. The maximum Gasteiger partial charge on any atom is 0.289 e. The second-order valence-corrected chi connectivity index (χ2v) is 8.43. The molecule has 36 heavy (non-hydrogen) atoms. The van der Waals surface area contributed by atoms with E-state index in [1.54, 1.807) is 12.3 Å². The molecule has 0 aliphatic carbocycles. The van der Waals surface area contributed by atoms with Gasteiger partial charge in [-0.3, -0.25) is 9.89 Å². The largest absolute Gasteiger partial charge is 0.489 e. The molecule has 0 fully saturated rings. The summed E-state index contributed by atoms with van der Waals surface area (Å²) in [6.45, 7) is 8.75. The molecule has 1 aromatic heterocycles. The van der Waals surface area contributed by atoms with Gasteiger partial charge in [0, 0.05) is 24.3 Å². The van der Waals surface area contributed by atoms with Crippen molar-refractivity contribution in [3.63, 3.8) is 0 Å². The highest BCUT2D eigenvalue weighted by molar-refractivity contribution is 5.94. The van der Waals surface area contributed by atoms with Crippen LogP contribution in [0.1, 0.15) is 41.0 Å². The number of nitrogens with zero attached hydrogens (tertiary/aromatic N) is 3. The third kappa shape index (κ3) is 6.39. The first-order valence-corrected chi connectivity index (χ1v) is 12.1. The maximum absolute atomic E-state index is 12.5. The van der Waals surface area contributed by atoms with Crippen LogP contribution in [0.15, 0.2) is 84.0 Å². The zero-order chi connectivity index (χ0) is 25.3. The fourth-order valence-corrected chi connectivity index (χ4v) is 3.74. The highest BCUT2D eigenvalue weighted by Gasteiger charge is 2.11. The predicted molar refractivity (Wildman–Crippen MR) is 145 cm³/mol. The van der Waals surface area contributed by atoms with Gasteiger partial charge in [0.15, 0.2) is 0 Å². The van der Waals surface area contributed by atoms with Gasteiger partial charge in [-0.05, 0) is 74.4 Å². The average molecular weight is 482 g/mol. The molecule has 184 valence electrons. The fourth-order valence-electron chi connectivity index (χ4n) is 3.74. The molecule has 2 N–H and O–H groups in total. The summed E-state index contributed by atoms with van der Waals surface area (Å²) in [5, 5.41) is 11.1. The number of carbonyl (C=O) groups is 1. The molecule has 0 saturated carbocycles. The van der Waals surface area contributed by atoms with Crippen molar-refractivity contribution in [2.24, 2.45) is 5.10 Å². The molecule has 1 heterocycles. The van der Waals surface area contributed by atoms with Crippen molar-refractivity contribution >= 4 is 17.8 Å². The van der Waals surface area contributed by atoms with Crippen molar-refractivity contribution in [2.75, 3.05) is 18.0 Å². The summed E-state index contributed by atoms with van der Waals surface area (Å²) < 4.78 is 5.87. The topological polar surface area (TPSA) is 82.6 Å². The predicted octanol–water partition coefficient (Wildman–Crippen LogP) is 5.57. The van der Waals surface area contributed by atoms with Crippen LogP contribution in [-0.2, 0) is 6.61 Å². The Bertz CT molecular complexity index is 1290. The van der Waals surface area contributed by atoms with E-state index in [1.165, 1.54) is 5.56 Å². The summed E-state index contributed by atoms with van der Waals surface area (Å²) in [6, 6.07) is 25.7. The van der Waals surface area contributed by atoms with E-state index in [1.807, 2.05) is 36.4 Å². The molecule has 7 heteroatoms. The summed E-state index contributed by atoms with van der Waals surface area (Å²) >= 11 is 0. The normalized spacial score (nSPS) is 11.0. The van der Waals surface area contributed by atoms with Gasteiger partial charge in [0.2, 0.25) is 0 Å². The first-order chi connectivity index (χ1) is 17.6. The number of hydrazone groups is 1. The van der Waals surface area contributed by atoms with Gasteiger partial charge in [-0.1, -0.05) is 42.0 Å². The van der Waals surface area contributed by atoms with E-state index in [2.05, 4.69) is 82.8 Å². The monoisotopic (exact) mass is 481 g/mol. The van der Waals surface area contributed by atoms with Gasteiger partial charge in [-0.2, -0.15) is 10.2 Å². The number of ether oxygens (including phenoxy) is 1. The lowest BCUT2D eigenvalue weighted by Crippen LogP contribution is -2.21. The van der Waals surface area contributed by atoms with Crippen molar-refractivity contribution in [1.82, 2.24) is 15.6 Å². The SMILES string of the molecule is CCN(CC)c1ccc(C=NNC(=O)c2cc(-c3ccc(OCc4ccc(C)cc4)cc3)n[nH]2)cc1. The Morgan fingerprint density at radius 2 is 1.69 bits per heavy atom. The molecular weight excluding hydrogens is 450 g/mol. The van der Waals surface area contributed by atoms with E-state index in [0.29, 0.717) is 18.0 Å². The molecule has 0 saturated heterocycles. The zero-order valence-electron chi connectivity index (χ0n) is 20.9. The van der Waals surface area contributed by atoms with Crippen LogP contribution < -0.4 is 15.1 Å². The minimum atomic E-state index is -0.359. The standard InChI is InChI=1S/C29H31N5O2/c1-4-34(5-2)25-14-10-22(11-15-25)19-30-33-29(35)28-18-27(31-32-28)24-12-16-26(17-13-24)36-20-23-8-6-21(3)7-9-23/h6-19H,4-5,20H2,1-3H3,(H,31,32)(H,33,35). The smallest absolute Gasteiger partial charge is 0.289 e. The molecule has 0 radical (unpaired) electrons. The molecule has 1 amide bonds. The van der Waals surface area contributed by atoms with Gasteiger partial charge in [0.25, 0.3) is 5.91 Å². The maximum atomic E-state index is 12.5. The van der Waals surface area contributed by atoms with Crippen molar-refractivity contribution in [2.45, 2.75) is 27.4 Å². The molecule has 0 unspecified atom stereocenters. The Kier molecular flexibility index (Phi) is 8.13. The molecule has 3 aromatic carbocycles. The highest BCUT2D eigenvalue weighted by Crippen LogP contribution is 2.22. The van der Waals surface area contributed by atoms with Gasteiger partial charge >= 0.3 is 0 Å². The van der Waals surface area contributed by atoms with E-state index in [-0.39, 0.29) is 5.91 Å². The number of hydrogen-bond acceptors (Lipinski definition) is 5. The van der Waals surface area contributed by atoms with Crippen molar-refractivity contribution in [1.29, 1.82) is 0 Å². The number of aromatic amines is 1. The van der Waals surface area contributed by atoms with Crippen LogP contribution in [0.5, 0.6) is 5.75 Å². The first kappa shape index (κ1) is 24.7. The van der Waals surface area contributed by atoms with Gasteiger partial charge in [0.05, 0.1) is 11.9 Å². The fraction of sp³-hybridized carbons (Fsp3) is 0.207. The second kappa shape index (κ2) is 11.8.